The molecule has 4 N–H and O–H groups in total. The number of rotatable bonds is 2. The third-order valence-corrected chi connectivity index (χ3v) is 4.32. The second-order valence-corrected chi connectivity index (χ2v) is 6.48. The molecule has 5 nitrogen and oxygen atoms in total. The smallest absolute Gasteiger partial charge is 0.205 e. The van der Waals surface area contributed by atoms with Crippen molar-refractivity contribution in [2.75, 3.05) is 5.32 Å². The zero-order chi connectivity index (χ0) is 14.4. The van der Waals surface area contributed by atoms with Gasteiger partial charge in [-0.1, -0.05) is 11.6 Å². The Hall–Kier alpha value is -1.67. The maximum atomic E-state index is 6.03. The Morgan fingerprint density at radius 3 is 3.10 bits per heavy atom. The third kappa shape index (κ3) is 2.38. The number of anilines is 1. The summed E-state index contributed by atoms with van der Waals surface area (Å²) in [5, 5.41) is 10.4. The summed E-state index contributed by atoms with van der Waals surface area (Å²) in [4.78, 5) is 7.83. The molecule has 0 aliphatic carbocycles. The lowest BCUT2D eigenvalue weighted by Gasteiger charge is -2.21. The molecule has 0 saturated heterocycles. The lowest BCUT2D eigenvalue weighted by Crippen LogP contribution is -2.34. The van der Waals surface area contributed by atoms with E-state index in [0.717, 1.165) is 26.0 Å². The van der Waals surface area contributed by atoms with E-state index in [0.29, 0.717) is 11.1 Å². The zero-order valence-electron chi connectivity index (χ0n) is 10.7. The molecule has 0 spiro atoms. The van der Waals surface area contributed by atoms with E-state index in [1.54, 1.807) is 0 Å². The van der Waals surface area contributed by atoms with Crippen molar-refractivity contribution in [2.24, 2.45) is 0 Å². The topological polar surface area (TPSA) is 64.8 Å². The van der Waals surface area contributed by atoms with Crippen LogP contribution in [0.3, 0.4) is 0 Å². The number of nitrogens with zero attached hydrogens (tertiary/aromatic N) is 1. The van der Waals surface area contributed by atoms with E-state index in [1.165, 1.54) is 0 Å². The Morgan fingerprint density at radius 1 is 1.29 bits per heavy atom. The van der Waals surface area contributed by atoms with Crippen LogP contribution in [0.2, 0.25) is 0 Å². The van der Waals surface area contributed by atoms with Gasteiger partial charge in [-0.3, -0.25) is 0 Å². The Kier molecular flexibility index (Phi) is 3.07. The second-order valence-electron chi connectivity index (χ2n) is 4.83. The molecule has 2 aromatic rings. The van der Waals surface area contributed by atoms with E-state index >= 15 is 0 Å². The van der Waals surface area contributed by atoms with Gasteiger partial charge in [-0.15, -0.1) is 0 Å². The summed E-state index contributed by atoms with van der Waals surface area (Å²) in [6.07, 6.45) is 5.72. The summed E-state index contributed by atoms with van der Waals surface area (Å²) < 4.78 is 1.16. The molecule has 1 unspecified atom stereocenters. The first-order chi connectivity index (χ1) is 10.2. The monoisotopic (exact) mass is 411 g/mol. The van der Waals surface area contributed by atoms with Crippen LogP contribution in [0.1, 0.15) is 0 Å². The fourth-order valence-corrected chi connectivity index (χ4v) is 3.07. The summed E-state index contributed by atoms with van der Waals surface area (Å²) in [5.41, 5.74) is 3.99. The molecule has 7 heteroatoms. The predicted octanol–water partition coefficient (Wildman–Crippen LogP) is 2.96. The van der Waals surface area contributed by atoms with Gasteiger partial charge in [0.15, 0.2) is 0 Å². The van der Waals surface area contributed by atoms with Gasteiger partial charge in [-0.25, -0.2) is 4.98 Å². The van der Waals surface area contributed by atoms with Crippen LogP contribution in [0.5, 0.6) is 0 Å². The molecule has 4 rings (SSSR count). The number of imidazole rings is 1. The first-order valence-corrected chi connectivity index (χ1v) is 7.87. The highest BCUT2D eigenvalue weighted by atomic mass is 127. The number of nitrogens with one attached hydrogen (secondary N) is 4. The van der Waals surface area contributed by atoms with Gasteiger partial charge in [-0.05, 0) is 52.9 Å². The van der Waals surface area contributed by atoms with E-state index in [-0.39, 0.29) is 6.04 Å². The molecule has 1 aromatic heterocycles. The van der Waals surface area contributed by atoms with Gasteiger partial charge in [0, 0.05) is 15.5 Å². The zero-order valence-corrected chi connectivity index (χ0v) is 13.7. The third-order valence-electron chi connectivity index (χ3n) is 3.42. The van der Waals surface area contributed by atoms with Crippen LogP contribution in [0.4, 0.5) is 5.95 Å². The van der Waals surface area contributed by atoms with Crippen molar-refractivity contribution < 1.29 is 0 Å². The highest BCUT2D eigenvalue weighted by molar-refractivity contribution is 14.1. The Balaban J connectivity index is 1.61. The predicted molar refractivity (Wildman–Crippen MR) is 92.6 cm³/mol. The van der Waals surface area contributed by atoms with Crippen LogP contribution in [0.15, 0.2) is 53.1 Å². The van der Waals surface area contributed by atoms with Crippen molar-refractivity contribution in [3.63, 3.8) is 0 Å². The maximum absolute atomic E-state index is 6.03. The normalized spacial score (nSPS) is 20.1. The summed E-state index contributed by atoms with van der Waals surface area (Å²) in [6.45, 7) is 0. The fourth-order valence-electron chi connectivity index (χ4n) is 2.43. The number of hydrogen-bond acceptors (Lipinski definition) is 4. The largest absolute Gasteiger partial charge is 0.362 e. The number of halogens is 2. The lowest BCUT2D eigenvalue weighted by molar-refractivity contribution is 0.734. The summed E-state index contributed by atoms with van der Waals surface area (Å²) >= 11 is 8.31. The van der Waals surface area contributed by atoms with E-state index in [2.05, 4.69) is 54.6 Å². The van der Waals surface area contributed by atoms with E-state index in [9.17, 15) is 0 Å². The molecule has 1 atom stereocenters. The number of allylic oxidation sites excluding steroid dienone is 2. The number of aromatic amines is 1. The molecule has 21 heavy (non-hydrogen) atoms. The van der Waals surface area contributed by atoms with Gasteiger partial charge >= 0.3 is 0 Å². The van der Waals surface area contributed by atoms with E-state index in [4.69, 9.17) is 11.6 Å². The van der Waals surface area contributed by atoms with Crippen molar-refractivity contribution in [3.05, 3.63) is 56.7 Å². The van der Waals surface area contributed by atoms with Gasteiger partial charge in [0.05, 0.1) is 16.7 Å². The van der Waals surface area contributed by atoms with Crippen LogP contribution in [-0.2, 0) is 0 Å². The summed E-state index contributed by atoms with van der Waals surface area (Å²) in [7, 11) is 0. The van der Waals surface area contributed by atoms with Crippen molar-refractivity contribution in [1.29, 1.82) is 0 Å². The highest BCUT2D eigenvalue weighted by Crippen LogP contribution is 2.24. The number of dihydropyridines is 1. The molecular weight excluding hydrogens is 401 g/mol. The quantitative estimate of drug-likeness (QED) is 0.453. The van der Waals surface area contributed by atoms with Crippen molar-refractivity contribution in [3.8, 4) is 0 Å². The van der Waals surface area contributed by atoms with Gasteiger partial charge in [0.1, 0.15) is 11.2 Å². The molecule has 2 aliphatic rings. The number of fused-ring (bicyclic) bond motifs is 2. The first-order valence-electron chi connectivity index (χ1n) is 6.42. The molecule has 0 amide bonds. The SMILES string of the molecule is ClC1=CC=C2NC=C(Nc3nc4cc(I)ccc4[nH]3)C2N1. The average molecular weight is 412 g/mol. The summed E-state index contributed by atoms with van der Waals surface area (Å²) in [5.74, 6) is 0.716. The minimum Gasteiger partial charge on any atom is -0.362 e. The first kappa shape index (κ1) is 13.0. The van der Waals surface area contributed by atoms with Gasteiger partial charge in [-0.2, -0.15) is 0 Å². The van der Waals surface area contributed by atoms with E-state index in [1.807, 2.05) is 30.5 Å². The Bertz CT molecular complexity index is 820. The lowest BCUT2D eigenvalue weighted by atomic mass is 10.1. The van der Waals surface area contributed by atoms with Gasteiger partial charge in [0.2, 0.25) is 5.95 Å². The number of hydrogen-bond donors (Lipinski definition) is 4. The molecule has 0 saturated carbocycles. The van der Waals surface area contributed by atoms with Gasteiger partial charge < -0.3 is 20.9 Å². The molecule has 0 radical (unpaired) electrons. The van der Waals surface area contributed by atoms with Crippen LogP contribution >= 0.6 is 34.2 Å². The molecule has 0 bridgehead atoms. The Labute approximate surface area is 139 Å². The number of aromatic nitrogens is 2. The fraction of sp³-hybridized carbons (Fsp3) is 0.0714. The summed E-state index contributed by atoms with van der Waals surface area (Å²) in [6, 6.07) is 6.13. The standard InChI is InChI=1S/C14H11ClIN5/c15-12-4-3-9-13(21-12)11(6-17-9)20-14-18-8-2-1-7(16)5-10(8)19-14/h1-6,13,17,21H,(H2,18,19,20). The average Bonchev–Trinajstić information content (AvgIpc) is 3.02. The van der Waals surface area contributed by atoms with E-state index < -0.39 is 0 Å². The number of H-pyrrole nitrogens is 1. The Morgan fingerprint density at radius 2 is 2.19 bits per heavy atom. The van der Waals surface area contributed by atoms with Crippen LogP contribution in [0.25, 0.3) is 11.0 Å². The number of benzene rings is 1. The highest BCUT2D eigenvalue weighted by Gasteiger charge is 2.27. The van der Waals surface area contributed by atoms with Crippen LogP contribution in [-0.4, -0.2) is 16.0 Å². The molecule has 3 heterocycles. The minimum absolute atomic E-state index is 0.0100. The van der Waals surface area contributed by atoms with Crippen LogP contribution < -0.4 is 16.0 Å². The van der Waals surface area contributed by atoms with Gasteiger partial charge in [0.25, 0.3) is 0 Å². The molecular formula is C14H11ClIN5. The maximum Gasteiger partial charge on any atom is 0.205 e. The van der Waals surface area contributed by atoms with Crippen molar-refractivity contribution in [2.45, 2.75) is 6.04 Å². The molecule has 0 fully saturated rings. The van der Waals surface area contributed by atoms with Crippen molar-refractivity contribution >= 4 is 51.2 Å². The minimum atomic E-state index is 0.0100. The molecule has 106 valence electrons. The van der Waals surface area contributed by atoms with Crippen LogP contribution in [0, 0.1) is 3.57 Å². The molecule has 2 aliphatic heterocycles. The second kappa shape index (κ2) is 4.96. The molecule has 1 aromatic carbocycles. The van der Waals surface area contributed by atoms with Crippen molar-refractivity contribution in [1.82, 2.24) is 20.6 Å².